The fraction of sp³-hybridized carbons (Fsp3) is 0.417. The molecule has 0 aliphatic rings. The van der Waals surface area contributed by atoms with E-state index in [0.717, 1.165) is 0 Å². The zero-order valence-corrected chi connectivity index (χ0v) is 11.5. The number of rotatable bonds is 4. The lowest BCUT2D eigenvalue weighted by Gasteiger charge is -2.10. The van der Waals surface area contributed by atoms with Crippen LogP contribution < -0.4 is 11.1 Å². The molecular formula is C12H18N2O3S. The molecule has 0 fully saturated rings. The Morgan fingerprint density at radius 1 is 1.39 bits per heavy atom. The lowest BCUT2D eigenvalue weighted by Crippen LogP contribution is -2.35. The maximum Gasteiger partial charge on any atom is 0.235 e. The van der Waals surface area contributed by atoms with Crippen LogP contribution in [0.15, 0.2) is 23.1 Å². The summed E-state index contributed by atoms with van der Waals surface area (Å²) in [4.78, 5) is 11.7. The summed E-state index contributed by atoms with van der Waals surface area (Å²) < 4.78 is 24.1. The molecule has 0 radical (unpaired) electrons. The quantitative estimate of drug-likeness (QED) is 0.795. The van der Waals surface area contributed by atoms with Crippen LogP contribution in [0.5, 0.6) is 0 Å². The number of aryl methyl sites for hydroxylation is 1. The Balaban J connectivity index is 2.97. The van der Waals surface area contributed by atoms with Crippen LogP contribution in [0.25, 0.3) is 0 Å². The van der Waals surface area contributed by atoms with Crippen molar-refractivity contribution in [2.24, 2.45) is 0 Å². The van der Waals surface area contributed by atoms with Crippen LogP contribution >= 0.6 is 0 Å². The van der Waals surface area contributed by atoms with Crippen LogP contribution in [-0.2, 0) is 14.6 Å². The van der Waals surface area contributed by atoms with Crippen molar-refractivity contribution in [3.8, 4) is 0 Å². The summed E-state index contributed by atoms with van der Waals surface area (Å²) in [6.45, 7) is 5.21. The van der Waals surface area contributed by atoms with Gasteiger partial charge in [0.25, 0.3) is 0 Å². The van der Waals surface area contributed by atoms with E-state index in [1.165, 1.54) is 12.1 Å². The second kappa shape index (κ2) is 5.39. The van der Waals surface area contributed by atoms with E-state index < -0.39 is 21.5 Å². The molecule has 0 aromatic heterocycles. The lowest BCUT2D eigenvalue weighted by atomic mass is 10.2. The molecule has 0 heterocycles. The van der Waals surface area contributed by atoms with E-state index in [-0.39, 0.29) is 10.9 Å². The normalized spacial score (nSPS) is 11.6. The third kappa shape index (κ3) is 3.73. The molecule has 0 saturated heterocycles. The van der Waals surface area contributed by atoms with Gasteiger partial charge in [-0.15, -0.1) is 0 Å². The SMILES string of the molecule is Cc1cc(N)ccc1S(=O)(=O)CC(=O)NC(C)C. The first kappa shape index (κ1) is 14.5. The zero-order valence-electron chi connectivity index (χ0n) is 10.7. The highest BCUT2D eigenvalue weighted by molar-refractivity contribution is 7.92. The van der Waals surface area contributed by atoms with E-state index in [0.29, 0.717) is 11.3 Å². The maximum atomic E-state index is 12.1. The fourth-order valence-corrected chi connectivity index (χ4v) is 3.04. The molecule has 0 bridgehead atoms. The molecule has 1 amide bonds. The topological polar surface area (TPSA) is 89.3 Å². The van der Waals surface area contributed by atoms with Crippen LogP contribution in [0.4, 0.5) is 5.69 Å². The summed E-state index contributed by atoms with van der Waals surface area (Å²) in [5.74, 6) is -1.04. The minimum Gasteiger partial charge on any atom is -0.399 e. The van der Waals surface area contributed by atoms with Crippen molar-refractivity contribution in [2.45, 2.75) is 31.7 Å². The summed E-state index contributed by atoms with van der Waals surface area (Å²) in [6, 6.07) is 4.44. The van der Waals surface area contributed by atoms with Gasteiger partial charge in [-0.25, -0.2) is 8.42 Å². The minimum atomic E-state index is -3.62. The van der Waals surface area contributed by atoms with Crippen LogP contribution in [0.3, 0.4) is 0 Å². The molecule has 100 valence electrons. The predicted molar refractivity (Wildman–Crippen MR) is 70.9 cm³/mol. The molecule has 0 aliphatic carbocycles. The number of amides is 1. The summed E-state index contributed by atoms with van der Waals surface area (Å²) >= 11 is 0. The highest BCUT2D eigenvalue weighted by atomic mass is 32.2. The van der Waals surface area contributed by atoms with Gasteiger partial charge in [-0.05, 0) is 44.5 Å². The van der Waals surface area contributed by atoms with Gasteiger partial charge in [0.05, 0.1) is 4.90 Å². The first-order chi connectivity index (χ1) is 8.22. The number of carbonyl (C=O) groups is 1. The van der Waals surface area contributed by atoms with Gasteiger partial charge in [-0.3, -0.25) is 4.79 Å². The Hall–Kier alpha value is -1.56. The van der Waals surface area contributed by atoms with E-state index in [1.54, 1.807) is 26.8 Å². The van der Waals surface area contributed by atoms with Gasteiger partial charge in [-0.1, -0.05) is 0 Å². The third-order valence-electron chi connectivity index (χ3n) is 2.30. The molecule has 0 saturated carbocycles. The lowest BCUT2D eigenvalue weighted by molar-refractivity contribution is -0.119. The number of hydrogen-bond donors (Lipinski definition) is 2. The number of nitrogens with one attached hydrogen (secondary N) is 1. The summed E-state index contributed by atoms with van der Waals surface area (Å²) in [5, 5.41) is 2.56. The van der Waals surface area contributed by atoms with E-state index in [9.17, 15) is 13.2 Å². The smallest absolute Gasteiger partial charge is 0.235 e. The monoisotopic (exact) mass is 270 g/mol. The van der Waals surface area contributed by atoms with Crippen molar-refractivity contribution in [1.82, 2.24) is 5.32 Å². The van der Waals surface area contributed by atoms with Gasteiger partial charge in [0.15, 0.2) is 9.84 Å². The molecule has 3 N–H and O–H groups in total. The molecular weight excluding hydrogens is 252 g/mol. The number of nitrogen functional groups attached to an aromatic ring is 1. The standard InChI is InChI=1S/C12H18N2O3S/c1-8(2)14-12(15)7-18(16,17)11-5-4-10(13)6-9(11)3/h4-6,8H,7,13H2,1-3H3,(H,14,15). The number of carbonyl (C=O) groups excluding carboxylic acids is 1. The third-order valence-corrected chi connectivity index (χ3v) is 4.08. The molecule has 18 heavy (non-hydrogen) atoms. The van der Waals surface area contributed by atoms with Crippen molar-refractivity contribution in [2.75, 3.05) is 11.5 Å². The number of sulfone groups is 1. The van der Waals surface area contributed by atoms with Gasteiger partial charge < -0.3 is 11.1 Å². The second-order valence-corrected chi connectivity index (χ2v) is 6.46. The minimum absolute atomic E-state index is 0.0831. The fourth-order valence-electron chi connectivity index (χ4n) is 1.64. The molecule has 6 heteroatoms. The van der Waals surface area contributed by atoms with Gasteiger partial charge in [-0.2, -0.15) is 0 Å². The highest BCUT2D eigenvalue weighted by Crippen LogP contribution is 2.19. The second-order valence-electron chi connectivity index (χ2n) is 4.51. The number of anilines is 1. The molecule has 0 aliphatic heterocycles. The van der Waals surface area contributed by atoms with E-state index >= 15 is 0 Å². The Morgan fingerprint density at radius 3 is 2.50 bits per heavy atom. The average Bonchev–Trinajstić information content (AvgIpc) is 2.13. The van der Waals surface area contributed by atoms with Crippen molar-refractivity contribution >= 4 is 21.4 Å². The zero-order chi connectivity index (χ0) is 13.9. The van der Waals surface area contributed by atoms with Crippen molar-refractivity contribution in [1.29, 1.82) is 0 Å². The highest BCUT2D eigenvalue weighted by Gasteiger charge is 2.21. The van der Waals surface area contributed by atoms with E-state index in [2.05, 4.69) is 5.32 Å². The molecule has 1 aromatic carbocycles. The van der Waals surface area contributed by atoms with Gasteiger partial charge in [0, 0.05) is 11.7 Å². The van der Waals surface area contributed by atoms with Gasteiger partial charge in [0.2, 0.25) is 5.91 Å². The molecule has 1 aromatic rings. The summed E-state index contributed by atoms with van der Waals surface area (Å²) in [5.41, 5.74) is 6.61. The first-order valence-corrected chi connectivity index (χ1v) is 7.26. The van der Waals surface area contributed by atoms with Crippen LogP contribution in [0.1, 0.15) is 19.4 Å². The van der Waals surface area contributed by atoms with Crippen molar-refractivity contribution in [3.05, 3.63) is 23.8 Å². The Kier molecular flexibility index (Phi) is 4.34. The average molecular weight is 270 g/mol. The summed E-state index contributed by atoms with van der Waals surface area (Å²) in [7, 11) is -3.62. The van der Waals surface area contributed by atoms with Crippen LogP contribution in [0.2, 0.25) is 0 Å². The molecule has 1 rings (SSSR count). The predicted octanol–water partition coefficient (Wildman–Crippen LogP) is 0.876. The Morgan fingerprint density at radius 2 is 2.00 bits per heavy atom. The van der Waals surface area contributed by atoms with E-state index in [4.69, 9.17) is 5.73 Å². The summed E-state index contributed by atoms with van der Waals surface area (Å²) in [6.07, 6.45) is 0. The molecule has 0 atom stereocenters. The van der Waals surface area contributed by atoms with Gasteiger partial charge >= 0.3 is 0 Å². The van der Waals surface area contributed by atoms with Crippen molar-refractivity contribution < 1.29 is 13.2 Å². The molecule has 0 spiro atoms. The molecule has 0 unspecified atom stereocenters. The number of hydrogen-bond acceptors (Lipinski definition) is 4. The largest absolute Gasteiger partial charge is 0.399 e. The van der Waals surface area contributed by atoms with Crippen LogP contribution in [0, 0.1) is 6.92 Å². The molecule has 5 nitrogen and oxygen atoms in total. The number of benzene rings is 1. The van der Waals surface area contributed by atoms with Crippen LogP contribution in [-0.4, -0.2) is 26.1 Å². The number of nitrogens with two attached hydrogens (primary N) is 1. The Bertz CT molecular complexity index is 550. The first-order valence-electron chi connectivity index (χ1n) is 5.60. The van der Waals surface area contributed by atoms with Gasteiger partial charge in [0.1, 0.15) is 5.75 Å². The van der Waals surface area contributed by atoms with Crippen molar-refractivity contribution in [3.63, 3.8) is 0 Å². The van der Waals surface area contributed by atoms with E-state index in [1.807, 2.05) is 0 Å². The maximum absolute atomic E-state index is 12.1. The Labute approximate surface area is 107 Å².